The van der Waals surface area contributed by atoms with Gasteiger partial charge in [-0.15, -0.1) is 0 Å². The molecule has 3 aromatic rings. The molecule has 1 aliphatic rings. The fraction of sp³-hybridized carbons (Fsp3) is 0.368. The van der Waals surface area contributed by atoms with Crippen LogP contribution in [0.15, 0.2) is 42.9 Å². The lowest BCUT2D eigenvalue weighted by molar-refractivity contribution is 0.102. The first kappa shape index (κ1) is 16.5. The molecule has 1 N–H and O–H groups in total. The zero-order valence-corrected chi connectivity index (χ0v) is 15.2. The van der Waals surface area contributed by atoms with E-state index >= 15 is 0 Å². The van der Waals surface area contributed by atoms with E-state index in [1.165, 1.54) is 12.8 Å². The van der Waals surface area contributed by atoms with Gasteiger partial charge in [-0.1, -0.05) is 0 Å². The maximum Gasteiger partial charge on any atom is 0.276 e. The number of amides is 1. The first-order valence-electron chi connectivity index (χ1n) is 8.80. The SMILES string of the molecule is CC(C)(C)n1nc(C(=O)Nc2ccc(-n3cccn3)nc2)cc1C1CC1. The van der Waals surface area contributed by atoms with E-state index in [0.29, 0.717) is 23.1 Å². The highest BCUT2D eigenvalue weighted by Gasteiger charge is 2.32. The van der Waals surface area contributed by atoms with Crippen LogP contribution in [0.1, 0.15) is 55.7 Å². The number of carbonyl (C=O) groups excluding carboxylic acids is 1. The highest BCUT2D eigenvalue weighted by atomic mass is 16.2. The van der Waals surface area contributed by atoms with Crippen molar-refractivity contribution in [2.24, 2.45) is 0 Å². The van der Waals surface area contributed by atoms with Gasteiger partial charge >= 0.3 is 0 Å². The van der Waals surface area contributed by atoms with Crippen LogP contribution < -0.4 is 5.32 Å². The Morgan fingerprint density at radius 3 is 2.65 bits per heavy atom. The van der Waals surface area contributed by atoms with Gasteiger partial charge in [-0.25, -0.2) is 9.67 Å². The van der Waals surface area contributed by atoms with Crippen molar-refractivity contribution in [1.29, 1.82) is 0 Å². The summed E-state index contributed by atoms with van der Waals surface area (Å²) in [5.74, 6) is 1.00. The van der Waals surface area contributed by atoms with E-state index in [2.05, 4.69) is 41.3 Å². The molecule has 1 aliphatic carbocycles. The molecule has 0 saturated heterocycles. The normalized spacial score (nSPS) is 14.4. The van der Waals surface area contributed by atoms with Gasteiger partial charge in [-0.2, -0.15) is 10.2 Å². The molecule has 7 nitrogen and oxygen atoms in total. The van der Waals surface area contributed by atoms with E-state index in [0.717, 1.165) is 5.69 Å². The lowest BCUT2D eigenvalue weighted by atomic mass is 10.1. The zero-order valence-electron chi connectivity index (χ0n) is 15.2. The lowest BCUT2D eigenvalue weighted by Crippen LogP contribution is -2.25. The van der Waals surface area contributed by atoms with Gasteiger partial charge in [0.15, 0.2) is 11.5 Å². The van der Waals surface area contributed by atoms with E-state index in [1.807, 2.05) is 35.1 Å². The standard InChI is InChI=1S/C19H22N6O/c1-19(2,3)25-16(13-5-6-13)11-15(23-25)18(26)22-14-7-8-17(20-12-14)24-10-4-9-21-24/h4,7-13H,5-6H2,1-3H3,(H,22,26). The molecule has 4 rings (SSSR count). The van der Waals surface area contributed by atoms with Gasteiger partial charge in [0.2, 0.25) is 0 Å². The third-order valence-corrected chi connectivity index (χ3v) is 4.35. The van der Waals surface area contributed by atoms with Crippen molar-refractivity contribution in [3.63, 3.8) is 0 Å². The first-order chi connectivity index (χ1) is 12.4. The second-order valence-corrected chi connectivity index (χ2v) is 7.62. The number of hydrogen-bond donors (Lipinski definition) is 1. The molecule has 0 spiro atoms. The number of hydrogen-bond acceptors (Lipinski definition) is 4. The molecule has 0 aliphatic heterocycles. The van der Waals surface area contributed by atoms with Gasteiger partial charge < -0.3 is 5.32 Å². The maximum atomic E-state index is 12.6. The molecule has 0 atom stereocenters. The molecular formula is C19H22N6O. The molecular weight excluding hydrogens is 328 g/mol. The maximum absolute atomic E-state index is 12.6. The van der Waals surface area contributed by atoms with Gasteiger partial charge in [0.25, 0.3) is 5.91 Å². The van der Waals surface area contributed by atoms with E-state index < -0.39 is 0 Å². The Labute approximate surface area is 152 Å². The third kappa shape index (κ3) is 3.24. The number of aromatic nitrogens is 5. The zero-order chi connectivity index (χ0) is 18.3. The Bertz CT molecular complexity index is 914. The molecule has 1 fully saturated rings. The van der Waals surface area contributed by atoms with E-state index in [1.54, 1.807) is 17.1 Å². The minimum absolute atomic E-state index is 0.149. The van der Waals surface area contributed by atoms with Gasteiger partial charge in [-0.3, -0.25) is 9.48 Å². The number of nitrogens with zero attached hydrogens (tertiary/aromatic N) is 5. The molecule has 0 radical (unpaired) electrons. The van der Waals surface area contributed by atoms with Crippen molar-refractivity contribution in [2.45, 2.75) is 45.1 Å². The fourth-order valence-corrected chi connectivity index (χ4v) is 2.91. The van der Waals surface area contributed by atoms with Crippen LogP contribution in [0.2, 0.25) is 0 Å². The van der Waals surface area contributed by atoms with Crippen molar-refractivity contribution in [1.82, 2.24) is 24.5 Å². The molecule has 1 amide bonds. The number of nitrogens with one attached hydrogen (secondary N) is 1. The highest BCUT2D eigenvalue weighted by molar-refractivity contribution is 6.02. The smallest absolute Gasteiger partial charge is 0.276 e. The van der Waals surface area contributed by atoms with Crippen molar-refractivity contribution in [3.8, 4) is 5.82 Å². The Kier molecular flexibility index (Phi) is 3.86. The minimum Gasteiger partial charge on any atom is -0.319 e. The molecule has 134 valence electrons. The largest absolute Gasteiger partial charge is 0.319 e. The van der Waals surface area contributed by atoms with Gasteiger partial charge in [0.05, 0.1) is 17.4 Å². The second kappa shape index (κ2) is 6.09. The van der Waals surface area contributed by atoms with Crippen LogP contribution >= 0.6 is 0 Å². The van der Waals surface area contributed by atoms with Gasteiger partial charge in [-0.05, 0) is 57.9 Å². The number of carbonyl (C=O) groups is 1. The van der Waals surface area contributed by atoms with Crippen LogP contribution in [0, 0.1) is 0 Å². The molecule has 0 aromatic carbocycles. The molecule has 3 heterocycles. The summed E-state index contributed by atoms with van der Waals surface area (Å²) in [6.45, 7) is 6.31. The summed E-state index contributed by atoms with van der Waals surface area (Å²) in [6.07, 6.45) is 7.47. The van der Waals surface area contributed by atoms with E-state index in [4.69, 9.17) is 0 Å². The van der Waals surface area contributed by atoms with Crippen LogP contribution in [0.4, 0.5) is 5.69 Å². The van der Waals surface area contributed by atoms with Crippen LogP contribution in [-0.4, -0.2) is 30.5 Å². The highest BCUT2D eigenvalue weighted by Crippen LogP contribution is 2.41. The monoisotopic (exact) mass is 350 g/mol. The number of pyridine rings is 1. The van der Waals surface area contributed by atoms with Crippen LogP contribution in [0.25, 0.3) is 5.82 Å². The van der Waals surface area contributed by atoms with E-state index in [9.17, 15) is 4.79 Å². The molecule has 0 bridgehead atoms. The average Bonchev–Trinajstić information content (AvgIpc) is 3.12. The fourth-order valence-electron chi connectivity index (χ4n) is 2.91. The van der Waals surface area contributed by atoms with Crippen molar-refractivity contribution in [2.75, 3.05) is 5.32 Å². The Balaban J connectivity index is 1.53. The third-order valence-electron chi connectivity index (χ3n) is 4.35. The summed E-state index contributed by atoms with van der Waals surface area (Å²) in [4.78, 5) is 17.0. The topological polar surface area (TPSA) is 77.6 Å². The van der Waals surface area contributed by atoms with Crippen LogP contribution in [0.5, 0.6) is 0 Å². The molecule has 0 unspecified atom stereocenters. The Hall–Kier alpha value is -2.96. The quantitative estimate of drug-likeness (QED) is 0.783. The summed E-state index contributed by atoms with van der Waals surface area (Å²) in [5, 5.41) is 11.6. The summed E-state index contributed by atoms with van der Waals surface area (Å²) in [7, 11) is 0. The van der Waals surface area contributed by atoms with Crippen molar-refractivity contribution >= 4 is 11.6 Å². The van der Waals surface area contributed by atoms with Crippen molar-refractivity contribution in [3.05, 3.63) is 54.2 Å². The molecule has 7 heteroatoms. The van der Waals surface area contributed by atoms with Gasteiger partial charge in [0.1, 0.15) is 0 Å². The van der Waals surface area contributed by atoms with Crippen molar-refractivity contribution < 1.29 is 4.79 Å². The summed E-state index contributed by atoms with van der Waals surface area (Å²) >= 11 is 0. The second-order valence-electron chi connectivity index (χ2n) is 7.62. The van der Waals surface area contributed by atoms with Crippen LogP contribution in [-0.2, 0) is 5.54 Å². The summed E-state index contributed by atoms with van der Waals surface area (Å²) < 4.78 is 3.65. The summed E-state index contributed by atoms with van der Waals surface area (Å²) in [5.41, 5.74) is 2.07. The van der Waals surface area contributed by atoms with E-state index in [-0.39, 0.29) is 11.4 Å². The molecule has 1 saturated carbocycles. The number of anilines is 1. The predicted molar refractivity (Wildman–Crippen MR) is 98.5 cm³/mol. The minimum atomic E-state index is -0.219. The lowest BCUT2D eigenvalue weighted by Gasteiger charge is -2.22. The van der Waals surface area contributed by atoms with Gasteiger partial charge in [0, 0.05) is 24.0 Å². The first-order valence-corrected chi connectivity index (χ1v) is 8.80. The number of rotatable bonds is 4. The molecule has 26 heavy (non-hydrogen) atoms. The Morgan fingerprint density at radius 2 is 2.08 bits per heavy atom. The summed E-state index contributed by atoms with van der Waals surface area (Å²) in [6, 6.07) is 7.38. The molecule has 3 aromatic heterocycles. The predicted octanol–water partition coefficient (Wildman–Crippen LogP) is 3.35. The van der Waals surface area contributed by atoms with Crippen LogP contribution in [0.3, 0.4) is 0 Å². The average molecular weight is 350 g/mol. The Morgan fingerprint density at radius 1 is 1.27 bits per heavy atom.